The molecule has 0 aliphatic heterocycles. The van der Waals surface area contributed by atoms with E-state index in [2.05, 4.69) is 10.6 Å². The van der Waals surface area contributed by atoms with Gasteiger partial charge in [-0.05, 0) is 24.3 Å². The summed E-state index contributed by atoms with van der Waals surface area (Å²) in [6.07, 6.45) is 0. The summed E-state index contributed by atoms with van der Waals surface area (Å²) in [7, 11) is -3.79. The van der Waals surface area contributed by atoms with Gasteiger partial charge in [0.15, 0.2) is 0 Å². The van der Waals surface area contributed by atoms with Crippen molar-refractivity contribution in [2.24, 2.45) is 5.14 Å². The van der Waals surface area contributed by atoms with E-state index >= 15 is 0 Å². The molecule has 1 rings (SSSR count). The molecule has 0 fully saturated rings. The molecule has 0 radical (unpaired) electrons. The molecule has 0 aromatic heterocycles. The largest absolute Gasteiger partial charge is 0.307 e. The highest BCUT2D eigenvalue weighted by molar-refractivity contribution is 7.87. The molecule has 0 spiro atoms. The molecule has 0 heterocycles. The van der Waals surface area contributed by atoms with Crippen molar-refractivity contribution in [3.05, 3.63) is 30.1 Å². The molecule has 0 aliphatic rings. The van der Waals surface area contributed by atoms with Crippen LogP contribution < -0.4 is 15.4 Å². The van der Waals surface area contributed by atoms with Gasteiger partial charge in [0, 0.05) is 0 Å². The molecular formula is C6H8FN3O2S. The number of anilines is 1. The Labute approximate surface area is 74.9 Å². The van der Waals surface area contributed by atoms with E-state index < -0.39 is 16.0 Å². The smallest absolute Gasteiger partial charge is 0.291 e. The second-order valence-corrected chi connectivity index (χ2v) is 3.57. The second kappa shape index (κ2) is 3.69. The Morgan fingerprint density at radius 1 is 1.23 bits per heavy atom. The number of halogens is 1. The fourth-order valence-electron chi connectivity index (χ4n) is 0.663. The average molecular weight is 205 g/mol. The first-order valence-corrected chi connectivity index (χ1v) is 4.83. The molecular weight excluding hydrogens is 197 g/mol. The summed E-state index contributed by atoms with van der Waals surface area (Å²) in [5, 5.41) is 4.64. The van der Waals surface area contributed by atoms with Gasteiger partial charge in [-0.15, -0.1) is 4.83 Å². The standard InChI is InChI=1S/C6H8FN3O2S/c7-5-1-3-6(4-2-5)9-10-13(8,11)12/h1-4,9-10H,(H2,8,11,12). The quantitative estimate of drug-likeness (QED) is 0.605. The van der Waals surface area contributed by atoms with Crippen LogP contribution in [0.1, 0.15) is 0 Å². The number of rotatable bonds is 3. The Balaban J connectivity index is 2.61. The fraction of sp³-hybridized carbons (Fsp3) is 0. The zero-order chi connectivity index (χ0) is 9.90. The van der Waals surface area contributed by atoms with E-state index in [0.29, 0.717) is 5.69 Å². The predicted molar refractivity (Wildman–Crippen MR) is 46.3 cm³/mol. The van der Waals surface area contributed by atoms with Gasteiger partial charge in [0.05, 0.1) is 5.69 Å². The molecule has 0 aliphatic carbocycles. The molecule has 7 heteroatoms. The van der Waals surface area contributed by atoms with E-state index in [1.807, 2.05) is 4.83 Å². The average Bonchev–Trinajstić information content (AvgIpc) is 2.02. The van der Waals surface area contributed by atoms with Crippen LogP contribution in [0.5, 0.6) is 0 Å². The van der Waals surface area contributed by atoms with Gasteiger partial charge in [-0.25, -0.2) is 9.53 Å². The van der Waals surface area contributed by atoms with Crippen LogP contribution in [0.2, 0.25) is 0 Å². The van der Waals surface area contributed by atoms with Crippen LogP contribution in [0, 0.1) is 5.82 Å². The van der Waals surface area contributed by atoms with Crippen molar-refractivity contribution in [3.63, 3.8) is 0 Å². The number of nitrogens with two attached hydrogens (primary N) is 1. The van der Waals surface area contributed by atoms with Gasteiger partial charge in [-0.1, -0.05) is 0 Å². The van der Waals surface area contributed by atoms with Crippen LogP contribution >= 0.6 is 0 Å². The topological polar surface area (TPSA) is 84.2 Å². The summed E-state index contributed by atoms with van der Waals surface area (Å²) in [5.41, 5.74) is 2.68. The summed E-state index contributed by atoms with van der Waals surface area (Å²) in [5.74, 6) is -0.402. The molecule has 1 aromatic rings. The lowest BCUT2D eigenvalue weighted by Gasteiger charge is -2.04. The molecule has 5 nitrogen and oxygen atoms in total. The van der Waals surface area contributed by atoms with Crippen LogP contribution in [0.25, 0.3) is 0 Å². The highest BCUT2D eigenvalue weighted by Gasteiger charge is 1.99. The molecule has 1 aromatic carbocycles. The molecule has 72 valence electrons. The Kier molecular flexibility index (Phi) is 2.81. The van der Waals surface area contributed by atoms with Gasteiger partial charge in [0.2, 0.25) is 0 Å². The summed E-state index contributed by atoms with van der Waals surface area (Å²) in [6.45, 7) is 0. The lowest BCUT2D eigenvalue weighted by Crippen LogP contribution is -2.35. The maximum absolute atomic E-state index is 12.4. The molecule has 0 unspecified atom stereocenters. The van der Waals surface area contributed by atoms with Gasteiger partial charge >= 0.3 is 0 Å². The van der Waals surface area contributed by atoms with Crippen molar-refractivity contribution in [2.75, 3.05) is 5.43 Å². The van der Waals surface area contributed by atoms with Crippen molar-refractivity contribution in [1.82, 2.24) is 4.83 Å². The first-order chi connectivity index (χ1) is 5.97. The summed E-state index contributed by atoms with van der Waals surface area (Å²) < 4.78 is 33.2. The van der Waals surface area contributed by atoms with Crippen LogP contribution in [0.3, 0.4) is 0 Å². The van der Waals surface area contributed by atoms with Gasteiger partial charge in [-0.3, -0.25) is 0 Å². The zero-order valence-corrected chi connectivity index (χ0v) is 7.31. The normalized spacial score (nSPS) is 11.2. The van der Waals surface area contributed by atoms with Gasteiger partial charge < -0.3 is 5.43 Å². The molecule has 0 bridgehead atoms. The van der Waals surface area contributed by atoms with E-state index in [9.17, 15) is 12.8 Å². The minimum absolute atomic E-state index is 0.399. The molecule has 0 atom stereocenters. The van der Waals surface area contributed by atoms with E-state index in [4.69, 9.17) is 0 Å². The Hall–Kier alpha value is -1.18. The van der Waals surface area contributed by atoms with Crippen molar-refractivity contribution < 1.29 is 12.8 Å². The molecule has 4 N–H and O–H groups in total. The third kappa shape index (κ3) is 3.83. The SMILES string of the molecule is NS(=O)(=O)NNc1ccc(F)cc1. The lowest BCUT2D eigenvalue weighted by atomic mass is 10.3. The monoisotopic (exact) mass is 205 g/mol. The van der Waals surface area contributed by atoms with E-state index in [1.54, 1.807) is 0 Å². The van der Waals surface area contributed by atoms with Crippen LogP contribution in [-0.2, 0) is 10.2 Å². The van der Waals surface area contributed by atoms with Gasteiger partial charge in [-0.2, -0.15) is 8.42 Å². The summed E-state index contributed by atoms with van der Waals surface area (Å²) in [6, 6.07) is 5.11. The van der Waals surface area contributed by atoms with Crippen molar-refractivity contribution in [3.8, 4) is 0 Å². The highest BCUT2D eigenvalue weighted by Crippen LogP contribution is 2.06. The van der Waals surface area contributed by atoms with Crippen LogP contribution in [0.4, 0.5) is 10.1 Å². The van der Waals surface area contributed by atoms with Crippen LogP contribution in [-0.4, -0.2) is 8.42 Å². The number of benzene rings is 1. The van der Waals surface area contributed by atoms with Crippen molar-refractivity contribution in [1.29, 1.82) is 0 Å². The molecule has 13 heavy (non-hydrogen) atoms. The minimum atomic E-state index is -3.79. The first-order valence-electron chi connectivity index (χ1n) is 3.28. The highest BCUT2D eigenvalue weighted by atomic mass is 32.2. The molecule has 0 saturated carbocycles. The Morgan fingerprint density at radius 2 is 1.77 bits per heavy atom. The lowest BCUT2D eigenvalue weighted by molar-refractivity contribution is 0.589. The Bertz CT molecular complexity index is 375. The first kappa shape index (κ1) is 9.90. The number of nitrogens with one attached hydrogen (secondary N) is 2. The van der Waals surface area contributed by atoms with E-state index in [-0.39, 0.29) is 0 Å². The molecule has 0 amide bonds. The maximum atomic E-state index is 12.4. The number of hydrazine groups is 1. The maximum Gasteiger partial charge on any atom is 0.291 e. The van der Waals surface area contributed by atoms with Gasteiger partial charge in [0.25, 0.3) is 10.2 Å². The third-order valence-corrected chi connectivity index (χ3v) is 1.57. The molecule has 0 saturated heterocycles. The van der Waals surface area contributed by atoms with Crippen molar-refractivity contribution in [2.45, 2.75) is 0 Å². The van der Waals surface area contributed by atoms with Gasteiger partial charge in [0.1, 0.15) is 5.82 Å². The second-order valence-electron chi connectivity index (χ2n) is 2.28. The summed E-state index contributed by atoms with van der Waals surface area (Å²) in [4.78, 5) is 1.84. The Morgan fingerprint density at radius 3 is 2.23 bits per heavy atom. The predicted octanol–water partition coefficient (Wildman–Crippen LogP) is -0.0543. The van der Waals surface area contributed by atoms with Crippen molar-refractivity contribution >= 4 is 15.9 Å². The zero-order valence-electron chi connectivity index (χ0n) is 6.49. The van der Waals surface area contributed by atoms with Crippen LogP contribution in [0.15, 0.2) is 24.3 Å². The fourth-order valence-corrected chi connectivity index (χ4v) is 0.923. The summed E-state index contributed by atoms with van der Waals surface area (Å²) >= 11 is 0. The minimum Gasteiger partial charge on any atom is -0.307 e. The van der Waals surface area contributed by atoms with E-state index in [1.165, 1.54) is 24.3 Å². The van der Waals surface area contributed by atoms with E-state index in [0.717, 1.165) is 0 Å². The number of hydrogen-bond donors (Lipinski definition) is 3. The third-order valence-electron chi connectivity index (χ3n) is 1.18. The number of hydrogen-bond acceptors (Lipinski definition) is 3.